The second kappa shape index (κ2) is 1.70. The Balaban J connectivity index is 2.70. The predicted molar refractivity (Wildman–Crippen MR) is 35.6 cm³/mol. The van der Waals surface area contributed by atoms with Gasteiger partial charge in [-0.15, -0.1) is 10.2 Å². The molecule has 2 rings (SSSR count). The van der Waals surface area contributed by atoms with Crippen molar-refractivity contribution in [2.24, 2.45) is 10.2 Å². The molecule has 1 N–H and O–H groups in total. The van der Waals surface area contributed by atoms with Crippen molar-refractivity contribution < 1.29 is 0 Å². The highest BCUT2D eigenvalue weighted by Gasteiger charge is 2.11. The number of fused-ring (bicyclic) bond motifs is 1. The summed E-state index contributed by atoms with van der Waals surface area (Å²) in [5.41, 5.74) is 1.45. The predicted octanol–water partition coefficient (Wildman–Crippen LogP) is 1.50. The molecule has 2 heterocycles. The Labute approximate surface area is 57.1 Å². The van der Waals surface area contributed by atoms with E-state index in [0.29, 0.717) is 5.56 Å². The van der Waals surface area contributed by atoms with Gasteiger partial charge in [0.05, 0.1) is 11.3 Å². The fraction of sp³-hybridized carbons (Fsp3) is 0. The van der Waals surface area contributed by atoms with Crippen LogP contribution in [0, 0.1) is 5.41 Å². The molecule has 1 aliphatic heterocycles. The molecule has 0 amide bonds. The van der Waals surface area contributed by atoms with Crippen LogP contribution >= 0.6 is 0 Å². The Morgan fingerprint density at radius 3 is 3.00 bits per heavy atom. The lowest BCUT2D eigenvalue weighted by Crippen LogP contribution is -1.88. The maximum absolute atomic E-state index is 7.23. The maximum atomic E-state index is 7.23. The summed E-state index contributed by atoms with van der Waals surface area (Å²) in [7, 11) is 0. The Morgan fingerprint density at radius 2 is 2.20 bits per heavy atom. The quantitative estimate of drug-likeness (QED) is 0.571. The van der Waals surface area contributed by atoms with Gasteiger partial charge in [-0.25, -0.2) is 0 Å². The summed E-state index contributed by atoms with van der Waals surface area (Å²) in [6, 6.07) is 1.74. The summed E-state index contributed by atoms with van der Waals surface area (Å²) in [5, 5.41) is 14.5. The first-order valence-corrected chi connectivity index (χ1v) is 2.82. The van der Waals surface area contributed by atoms with E-state index in [2.05, 4.69) is 15.2 Å². The van der Waals surface area contributed by atoms with Crippen LogP contribution in [0.4, 0.5) is 5.69 Å². The van der Waals surface area contributed by atoms with E-state index in [1.54, 1.807) is 18.5 Å². The van der Waals surface area contributed by atoms with Gasteiger partial charge >= 0.3 is 0 Å². The third-order valence-corrected chi connectivity index (χ3v) is 1.31. The molecule has 0 spiro atoms. The molecular formula is C6H4N4. The number of nitrogens with one attached hydrogen (secondary N) is 1. The van der Waals surface area contributed by atoms with Crippen LogP contribution in [-0.4, -0.2) is 10.8 Å². The zero-order valence-electron chi connectivity index (χ0n) is 5.07. The average Bonchev–Trinajstić information content (AvgIpc) is 2.34. The third-order valence-electron chi connectivity index (χ3n) is 1.31. The summed E-state index contributed by atoms with van der Waals surface area (Å²) in [4.78, 5) is 3.85. The van der Waals surface area contributed by atoms with E-state index in [9.17, 15) is 0 Å². The van der Waals surface area contributed by atoms with Gasteiger partial charge in [0.15, 0.2) is 5.84 Å². The van der Waals surface area contributed by atoms with Gasteiger partial charge in [-0.3, -0.25) is 10.4 Å². The van der Waals surface area contributed by atoms with Gasteiger partial charge in [-0.2, -0.15) is 0 Å². The number of amidine groups is 1. The lowest BCUT2D eigenvalue weighted by Gasteiger charge is -1.89. The summed E-state index contributed by atoms with van der Waals surface area (Å²) < 4.78 is 0. The second-order valence-corrected chi connectivity index (χ2v) is 1.94. The Morgan fingerprint density at radius 1 is 1.30 bits per heavy atom. The van der Waals surface area contributed by atoms with E-state index in [1.165, 1.54) is 0 Å². The fourth-order valence-electron chi connectivity index (χ4n) is 0.815. The number of hydrogen-bond acceptors (Lipinski definition) is 3. The van der Waals surface area contributed by atoms with Crippen molar-refractivity contribution in [3.63, 3.8) is 0 Å². The number of nitrogens with zero attached hydrogens (tertiary/aromatic N) is 3. The zero-order valence-corrected chi connectivity index (χ0v) is 5.07. The number of azo groups is 1. The highest BCUT2D eigenvalue weighted by atomic mass is 15.2. The van der Waals surface area contributed by atoms with Gasteiger partial charge < -0.3 is 0 Å². The summed E-state index contributed by atoms with van der Waals surface area (Å²) in [5.74, 6) is 0.197. The van der Waals surface area contributed by atoms with Gasteiger partial charge in [0.25, 0.3) is 0 Å². The minimum absolute atomic E-state index is 0.197. The molecule has 1 aliphatic rings. The van der Waals surface area contributed by atoms with E-state index in [0.717, 1.165) is 5.69 Å². The smallest absolute Gasteiger partial charge is 0.178 e. The van der Waals surface area contributed by atoms with Crippen LogP contribution < -0.4 is 0 Å². The normalized spacial score (nSPS) is 13.8. The molecule has 0 saturated carbocycles. The highest BCUT2D eigenvalue weighted by Crippen LogP contribution is 2.24. The van der Waals surface area contributed by atoms with E-state index in [1.807, 2.05) is 0 Å². The molecule has 0 aromatic carbocycles. The molecule has 0 bridgehead atoms. The van der Waals surface area contributed by atoms with Crippen molar-refractivity contribution in [3.8, 4) is 0 Å². The zero-order chi connectivity index (χ0) is 6.97. The van der Waals surface area contributed by atoms with Gasteiger partial charge in [-0.1, -0.05) is 0 Å². The van der Waals surface area contributed by atoms with Gasteiger partial charge in [0.2, 0.25) is 0 Å². The van der Waals surface area contributed by atoms with Gasteiger partial charge in [0.1, 0.15) is 0 Å². The molecule has 1 aromatic heterocycles. The topological polar surface area (TPSA) is 61.5 Å². The van der Waals surface area contributed by atoms with E-state index < -0.39 is 0 Å². The molecule has 10 heavy (non-hydrogen) atoms. The largest absolute Gasteiger partial charge is 0.281 e. The van der Waals surface area contributed by atoms with Gasteiger partial charge in [0, 0.05) is 12.4 Å². The Hall–Kier alpha value is -1.58. The highest BCUT2D eigenvalue weighted by molar-refractivity contribution is 6.03. The summed E-state index contributed by atoms with van der Waals surface area (Å²) in [6.45, 7) is 0. The first-order chi connectivity index (χ1) is 4.88. The first kappa shape index (κ1) is 5.22. The standard InChI is InChI=1S/C6H4N4/c7-6-4-3-8-2-1-5(4)9-10-6/h1-3,7H. The Bertz CT molecular complexity index is 315. The van der Waals surface area contributed by atoms with Crippen molar-refractivity contribution in [2.45, 2.75) is 0 Å². The number of rotatable bonds is 0. The SMILES string of the molecule is N=C1N=Nc2ccncc21. The van der Waals surface area contributed by atoms with E-state index >= 15 is 0 Å². The average molecular weight is 132 g/mol. The van der Waals surface area contributed by atoms with Crippen LogP contribution in [0.15, 0.2) is 28.7 Å². The van der Waals surface area contributed by atoms with Crippen molar-refractivity contribution in [1.82, 2.24) is 4.98 Å². The molecule has 0 saturated heterocycles. The molecule has 1 aromatic rings. The molecule has 0 aliphatic carbocycles. The fourth-order valence-corrected chi connectivity index (χ4v) is 0.815. The van der Waals surface area contributed by atoms with E-state index in [4.69, 9.17) is 5.41 Å². The number of hydrogen-bond donors (Lipinski definition) is 1. The molecule has 4 nitrogen and oxygen atoms in total. The minimum atomic E-state index is 0.197. The Kier molecular flexibility index (Phi) is 0.887. The summed E-state index contributed by atoms with van der Waals surface area (Å²) in [6.07, 6.45) is 3.23. The van der Waals surface area contributed by atoms with Crippen LogP contribution in [0.3, 0.4) is 0 Å². The second-order valence-electron chi connectivity index (χ2n) is 1.94. The maximum Gasteiger partial charge on any atom is 0.178 e. The lowest BCUT2D eigenvalue weighted by molar-refractivity contribution is 1.29. The molecule has 0 fully saturated rings. The van der Waals surface area contributed by atoms with Crippen molar-refractivity contribution >= 4 is 11.5 Å². The lowest BCUT2D eigenvalue weighted by atomic mass is 10.2. The molecule has 0 radical (unpaired) electrons. The number of pyridine rings is 1. The van der Waals surface area contributed by atoms with Crippen molar-refractivity contribution in [1.29, 1.82) is 5.41 Å². The number of aromatic nitrogens is 1. The van der Waals surface area contributed by atoms with Gasteiger partial charge in [-0.05, 0) is 6.07 Å². The van der Waals surface area contributed by atoms with Crippen LogP contribution in [0.1, 0.15) is 5.56 Å². The van der Waals surface area contributed by atoms with E-state index in [-0.39, 0.29) is 5.84 Å². The third kappa shape index (κ3) is 0.556. The summed E-state index contributed by atoms with van der Waals surface area (Å²) >= 11 is 0. The van der Waals surface area contributed by atoms with Crippen molar-refractivity contribution in [3.05, 3.63) is 24.0 Å². The molecule has 0 atom stereocenters. The molecule has 0 unspecified atom stereocenters. The first-order valence-electron chi connectivity index (χ1n) is 2.82. The minimum Gasteiger partial charge on any atom is -0.281 e. The van der Waals surface area contributed by atoms with Crippen LogP contribution in [0.5, 0.6) is 0 Å². The molecular weight excluding hydrogens is 128 g/mol. The van der Waals surface area contributed by atoms with Crippen molar-refractivity contribution in [2.75, 3.05) is 0 Å². The van der Waals surface area contributed by atoms with Crippen LogP contribution in [0.2, 0.25) is 0 Å². The van der Waals surface area contributed by atoms with Crippen LogP contribution in [0.25, 0.3) is 0 Å². The molecule has 48 valence electrons. The molecule has 4 heteroatoms. The van der Waals surface area contributed by atoms with Crippen LogP contribution in [-0.2, 0) is 0 Å². The monoisotopic (exact) mass is 132 g/mol.